The number of rotatable bonds is 1. The van der Waals surface area contributed by atoms with Gasteiger partial charge in [-0.2, -0.15) is 4.39 Å². The van der Waals surface area contributed by atoms with E-state index in [-0.39, 0.29) is 5.75 Å². The Labute approximate surface area is 63.8 Å². The Morgan fingerprint density at radius 2 is 2.27 bits per heavy atom. The van der Waals surface area contributed by atoms with Gasteiger partial charge in [-0.3, -0.25) is 0 Å². The normalized spacial score (nSPS) is 7.82. The van der Waals surface area contributed by atoms with Gasteiger partial charge in [0.15, 0.2) is 5.75 Å². The van der Waals surface area contributed by atoms with E-state index in [2.05, 4.69) is 9.72 Å². The molecule has 11 heavy (non-hydrogen) atoms. The maximum Gasteiger partial charge on any atom is 0.255 e. The van der Waals surface area contributed by atoms with E-state index in [0.29, 0.717) is 0 Å². The average molecular weight is 157 g/mol. The van der Waals surface area contributed by atoms with Gasteiger partial charge in [-0.25, -0.2) is 4.98 Å². The highest BCUT2D eigenvalue weighted by Gasteiger charge is 1.97. The third-order valence-electron chi connectivity index (χ3n) is 0.945. The molecule has 60 valence electrons. The zero-order valence-corrected chi connectivity index (χ0v) is 6.08. The third-order valence-corrected chi connectivity index (χ3v) is 0.945. The van der Waals surface area contributed by atoms with Crippen molar-refractivity contribution in [1.29, 1.82) is 0 Å². The van der Waals surface area contributed by atoms with Crippen LogP contribution < -0.4 is 4.74 Å². The second-order valence-corrected chi connectivity index (χ2v) is 1.50. The highest BCUT2D eigenvalue weighted by Crippen LogP contribution is 2.10. The summed E-state index contributed by atoms with van der Waals surface area (Å²) in [6, 6.07) is 3.13. The Kier molecular flexibility index (Phi) is 4.64. The molecule has 0 aliphatic heterocycles. The molecule has 0 bridgehead atoms. The lowest BCUT2D eigenvalue weighted by atomic mass is 10.4. The summed E-state index contributed by atoms with van der Waals surface area (Å²) in [7, 11) is 1.40. The van der Waals surface area contributed by atoms with Gasteiger partial charge >= 0.3 is 0 Å². The van der Waals surface area contributed by atoms with Crippen LogP contribution >= 0.6 is 0 Å². The second-order valence-electron chi connectivity index (χ2n) is 1.50. The fraction of sp³-hybridized carbons (Fsp3) is 0.143. The third kappa shape index (κ3) is 2.75. The van der Waals surface area contributed by atoms with Crippen molar-refractivity contribution in [3.8, 4) is 5.75 Å². The van der Waals surface area contributed by atoms with Crippen molar-refractivity contribution in [2.45, 2.75) is 0 Å². The number of carbonyl (C=O) groups is 1. The fourth-order valence-corrected chi connectivity index (χ4v) is 0.524. The molecule has 1 heterocycles. The van der Waals surface area contributed by atoms with Crippen LogP contribution in [-0.4, -0.2) is 18.9 Å². The minimum absolute atomic E-state index is 0.178. The van der Waals surface area contributed by atoms with Crippen LogP contribution in [-0.2, 0) is 4.79 Å². The van der Waals surface area contributed by atoms with Crippen molar-refractivity contribution in [1.82, 2.24) is 4.98 Å². The van der Waals surface area contributed by atoms with Gasteiger partial charge in [0.05, 0.1) is 7.11 Å². The summed E-state index contributed by atoms with van der Waals surface area (Å²) >= 11 is 0. The van der Waals surface area contributed by atoms with Crippen molar-refractivity contribution < 1.29 is 13.9 Å². The van der Waals surface area contributed by atoms with Gasteiger partial charge in [-0.05, 0) is 12.1 Å². The second kappa shape index (κ2) is 5.34. The molecule has 0 saturated carbocycles. The van der Waals surface area contributed by atoms with Crippen LogP contribution in [0.15, 0.2) is 18.3 Å². The van der Waals surface area contributed by atoms with E-state index < -0.39 is 5.95 Å². The van der Waals surface area contributed by atoms with Crippen LogP contribution in [0.25, 0.3) is 0 Å². The summed E-state index contributed by atoms with van der Waals surface area (Å²) in [4.78, 5) is 11.4. The number of hydrogen-bond donors (Lipinski definition) is 0. The van der Waals surface area contributed by atoms with Crippen LogP contribution in [0.4, 0.5) is 4.39 Å². The Hall–Kier alpha value is -1.45. The molecule has 0 aliphatic carbocycles. The smallest absolute Gasteiger partial charge is 0.255 e. The molecule has 1 aromatic rings. The molecule has 0 unspecified atom stereocenters. The summed E-state index contributed by atoms with van der Waals surface area (Å²) in [5.74, 6) is -0.391. The minimum atomic E-state index is -0.569. The number of aromatic nitrogens is 1. The molecule has 0 radical (unpaired) electrons. The zero-order valence-electron chi connectivity index (χ0n) is 6.08. The lowest BCUT2D eigenvalue weighted by Crippen LogP contribution is -1.88. The number of methoxy groups -OCH3 is 1. The number of nitrogens with zero attached hydrogens (tertiary/aromatic N) is 1. The lowest BCUT2D eigenvalue weighted by molar-refractivity contribution is -0.0979. The Balaban J connectivity index is 0.000000461. The molecule has 0 saturated heterocycles. The van der Waals surface area contributed by atoms with Crippen LogP contribution in [0.5, 0.6) is 5.75 Å². The van der Waals surface area contributed by atoms with E-state index in [9.17, 15) is 4.39 Å². The molecule has 0 atom stereocenters. The standard InChI is InChI=1S/C6H6FNO.CH2O/c1-9-5-3-2-4-8-6(5)7;1-2/h2-4H,1H3;1H2. The quantitative estimate of drug-likeness (QED) is 0.572. The molecule has 0 aromatic carbocycles. The molecule has 0 N–H and O–H groups in total. The maximum absolute atomic E-state index is 12.4. The number of halogens is 1. The van der Waals surface area contributed by atoms with Gasteiger partial charge in [0.1, 0.15) is 6.79 Å². The zero-order chi connectivity index (χ0) is 8.69. The molecular weight excluding hydrogens is 149 g/mol. The maximum atomic E-state index is 12.4. The molecule has 4 heteroatoms. The summed E-state index contributed by atoms with van der Waals surface area (Å²) in [5.41, 5.74) is 0. The largest absolute Gasteiger partial charge is 0.492 e. The van der Waals surface area contributed by atoms with Crippen LogP contribution in [0.2, 0.25) is 0 Å². The van der Waals surface area contributed by atoms with E-state index >= 15 is 0 Å². The highest BCUT2D eigenvalue weighted by molar-refractivity contribution is 5.17. The average Bonchev–Trinajstić information content (AvgIpc) is 2.09. The number of carbonyl (C=O) groups excluding carboxylic acids is 1. The first-order chi connectivity index (χ1) is 5.34. The highest BCUT2D eigenvalue weighted by atomic mass is 19.1. The topological polar surface area (TPSA) is 39.2 Å². The van der Waals surface area contributed by atoms with Gasteiger partial charge in [0.2, 0.25) is 0 Å². The molecule has 0 amide bonds. The van der Waals surface area contributed by atoms with E-state index in [1.165, 1.54) is 19.4 Å². The first-order valence-corrected chi connectivity index (χ1v) is 2.78. The molecule has 0 fully saturated rings. The molecule has 0 aliphatic rings. The Bertz CT molecular complexity index is 217. The summed E-state index contributed by atoms with van der Waals surface area (Å²) in [6.45, 7) is 2.00. The van der Waals surface area contributed by atoms with Crippen molar-refractivity contribution in [3.05, 3.63) is 24.3 Å². The minimum Gasteiger partial charge on any atom is -0.492 e. The van der Waals surface area contributed by atoms with Crippen molar-refractivity contribution >= 4 is 6.79 Å². The van der Waals surface area contributed by atoms with E-state index in [1.807, 2.05) is 6.79 Å². The van der Waals surface area contributed by atoms with Crippen LogP contribution in [0.1, 0.15) is 0 Å². The Morgan fingerprint density at radius 3 is 2.64 bits per heavy atom. The molecule has 1 rings (SSSR count). The van der Waals surface area contributed by atoms with E-state index in [0.717, 1.165) is 0 Å². The molecule has 1 aromatic heterocycles. The Morgan fingerprint density at radius 1 is 1.64 bits per heavy atom. The SMILES string of the molecule is C=O.COc1cccnc1F. The molecular formula is C7H8FNO2. The first kappa shape index (κ1) is 9.55. The summed E-state index contributed by atoms with van der Waals surface area (Å²) in [6.07, 6.45) is 1.37. The van der Waals surface area contributed by atoms with Gasteiger partial charge < -0.3 is 9.53 Å². The predicted molar refractivity (Wildman–Crippen MR) is 37.9 cm³/mol. The lowest BCUT2D eigenvalue weighted by Gasteiger charge is -1.96. The van der Waals surface area contributed by atoms with Crippen molar-refractivity contribution in [2.75, 3.05) is 7.11 Å². The van der Waals surface area contributed by atoms with Gasteiger partial charge in [0.25, 0.3) is 5.95 Å². The van der Waals surface area contributed by atoms with Crippen molar-refractivity contribution in [2.24, 2.45) is 0 Å². The van der Waals surface area contributed by atoms with Gasteiger partial charge in [-0.1, -0.05) is 0 Å². The van der Waals surface area contributed by atoms with E-state index in [4.69, 9.17) is 4.79 Å². The van der Waals surface area contributed by atoms with E-state index in [1.54, 1.807) is 6.07 Å². The fourth-order valence-electron chi connectivity index (χ4n) is 0.524. The summed E-state index contributed by atoms with van der Waals surface area (Å²) in [5, 5.41) is 0. The first-order valence-electron chi connectivity index (χ1n) is 2.78. The van der Waals surface area contributed by atoms with Gasteiger partial charge in [0, 0.05) is 6.20 Å². The molecule has 0 spiro atoms. The number of hydrogen-bond acceptors (Lipinski definition) is 3. The van der Waals surface area contributed by atoms with Gasteiger partial charge in [-0.15, -0.1) is 0 Å². The number of pyridine rings is 1. The van der Waals surface area contributed by atoms with Crippen LogP contribution in [0.3, 0.4) is 0 Å². The predicted octanol–water partition coefficient (Wildman–Crippen LogP) is 1.04. The number of ether oxygens (including phenoxy) is 1. The van der Waals surface area contributed by atoms with Crippen LogP contribution in [0, 0.1) is 5.95 Å². The molecule has 3 nitrogen and oxygen atoms in total. The monoisotopic (exact) mass is 157 g/mol. The summed E-state index contributed by atoms with van der Waals surface area (Å²) < 4.78 is 17.0. The van der Waals surface area contributed by atoms with Crippen molar-refractivity contribution in [3.63, 3.8) is 0 Å².